The van der Waals surface area contributed by atoms with Gasteiger partial charge < -0.3 is 14.6 Å². The molecule has 1 aliphatic carbocycles. The van der Waals surface area contributed by atoms with Crippen LogP contribution in [0.2, 0.25) is 0 Å². The Morgan fingerprint density at radius 3 is 2.79 bits per heavy atom. The molecule has 3 aliphatic rings. The quantitative estimate of drug-likeness (QED) is 0.693. The van der Waals surface area contributed by atoms with Crippen LogP contribution in [-0.4, -0.2) is 57.2 Å². The summed E-state index contributed by atoms with van der Waals surface area (Å²) in [6, 6.07) is 5.89. The molecule has 0 bridgehead atoms. The molecule has 9 nitrogen and oxygen atoms in total. The first kappa shape index (κ1) is 22.0. The number of hydrogen-bond donors (Lipinski definition) is 2. The first-order valence-electron chi connectivity index (χ1n) is 12.3. The third kappa shape index (κ3) is 5.08. The number of nitrogens with zero attached hydrogens (tertiary/aromatic N) is 4. The van der Waals surface area contributed by atoms with Gasteiger partial charge in [-0.2, -0.15) is 0 Å². The molecule has 2 aromatic heterocycles. The summed E-state index contributed by atoms with van der Waals surface area (Å²) in [6.45, 7) is 1.40. The number of carbonyl (C=O) groups is 2. The molecule has 33 heavy (non-hydrogen) atoms. The number of likely N-dealkylation sites (tertiary alicyclic amines) is 1. The summed E-state index contributed by atoms with van der Waals surface area (Å²) in [4.78, 5) is 31.3. The van der Waals surface area contributed by atoms with Gasteiger partial charge in [-0.1, -0.05) is 18.9 Å². The number of nitrogens with one attached hydrogen (secondary N) is 2. The van der Waals surface area contributed by atoms with Crippen LogP contribution < -0.4 is 10.6 Å². The predicted octanol–water partition coefficient (Wildman–Crippen LogP) is 2.61. The summed E-state index contributed by atoms with van der Waals surface area (Å²) in [5.41, 5.74) is 0.673. The second kappa shape index (κ2) is 9.99. The van der Waals surface area contributed by atoms with Crippen LogP contribution in [0, 0.1) is 5.92 Å². The molecule has 176 valence electrons. The highest BCUT2D eigenvalue weighted by Gasteiger charge is 2.37. The summed E-state index contributed by atoms with van der Waals surface area (Å²) in [5, 5.41) is 15.1. The highest BCUT2D eigenvalue weighted by molar-refractivity contribution is 5.80. The Kier molecular flexibility index (Phi) is 6.66. The number of carbonyl (C=O) groups excluding carboxylic acids is 2. The van der Waals surface area contributed by atoms with E-state index in [1.54, 1.807) is 6.20 Å². The smallest absolute Gasteiger partial charge is 0.266 e. The largest absolute Gasteiger partial charge is 0.419 e. The fraction of sp³-hybridized carbons (Fsp3) is 0.625. The highest BCUT2D eigenvalue weighted by atomic mass is 16.4. The van der Waals surface area contributed by atoms with Crippen LogP contribution in [0.3, 0.4) is 0 Å². The number of rotatable bonds is 6. The lowest BCUT2D eigenvalue weighted by molar-refractivity contribution is -0.132. The molecule has 3 unspecified atom stereocenters. The molecule has 0 radical (unpaired) electrons. The van der Waals surface area contributed by atoms with E-state index in [-0.39, 0.29) is 29.8 Å². The summed E-state index contributed by atoms with van der Waals surface area (Å²) in [6.07, 6.45) is 9.79. The lowest BCUT2D eigenvalue weighted by Crippen LogP contribution is -2.62. The molecule has 2 amide bonds. The zero-order valence-corrected chi connectivity index (χ0v) is 18.9. The van der Waals surface area contributed by atoms with E-state index in [2.05, 4.69) is 25.8 Å². The van der Waals surface area contributed by atoms with Gasteiger partial charge in [-0.05, 0) is 50.7 Å². The minimum absolute atomic E-state index is 0.0128. The van der Waals surface area contributed by atoms with E-state index in [0.29, 0.717) is 43.0 Å². The lowest BCUT2D eigenvalue weighted by Gasteiger charge is -2.40. The maximum Gasteiger partial charge on any atom is 0.266 e. The molecule has 3 fully saturated rings. The molecule has 3 atom stereocenters. The second-order valence-corrected chi connectivity index (χ2v) is 9.43. The average Bonchev–Trinajstić information content (AvgIpc) is 3.35. The molecule has 2 aliphatic heterocycles. The molecule has 2 saturated heterocycles. The van der Waals surface area contributed by atoms with E-state index < -0.39 is 0 Å². The SMILES string of the molecule is O=C1NC(CCCC(=O)N2CCC(c3nnc(-c4ccccn4)o3)CC2)NC2CCCCC12. The van der Waals surface area contributed by atoms with Crippen LogP contribution in [-0.2, 0) is 9.59 Å². The van der Waals surface area contributed by atoms with Crippen LogP contribution in [0.1, 0.15) is 69.6 Å². The van der Waals surface area contributed by atoms with Gasteiger partial charge in [0.25, 0.3) is 5.89 Å². The fourth-order valence-corrected chi connectivity index (χ4v) is 5.36. The molecule has 0 aromatic carbocycles. The van der Waals surface area contributed by atoms with Crippen LogP contribution >= 0.6 is 0 Å². The molecular weight excluding hydrogens is 420 g/mol. The van der Waals surface area contributed by atoms with Gasteiger partial charge in [0.05, 0.1) is 12.1 Å². The number of fused-ring (bicyclic) bond motifs is 1. The number of amides is 2. The summed E-state index contributed by atoms with van der Waals surface area (Å²) in [5.74, 6) is 1.73. The van der Waals surface area contributed by atoms with Crippen molar-refractivity contribution in [1.29, 1.82) is 0 Å². The minimum Gasteiger partial charge on any atom is -0.419 e. The fourth-order valence-electron chi connectivity index (χ4n) is 5.36. The van der Waals surface area contributed by atoms with E-state index >= 15 is 0 Å². The zero-order chi connectivity index (χ0) is 22.6. The van der Waals surface area contributed by atoms with E-state index in [9.17, 15) is 9.59 Å². The Labute approximate surface area is 193 Å². The van der Waals surface area contributed by atoms with Gasteiger partial charge in [0.2, 0.25) is 17.7 Å². The van der Waals surface area contributed by atoms with Crippen molar-refractivity contribution in [2.45, 2.75) is 75.9 Å². The van der Waals surface area contributed by atoms with Crippen molar-refractivity contribution in [3.05, 3.63) is 30.3 Å². The van der Waals surface area contributed by atoms with Crippen molar-refractivity contribution < 1.29 is 14.0 Å². The van der Waals surface area contributed by atoms with Gasteiger partial charge in [-0.15, -0.1) is 10.2 Å². The van der Waals surface area contributed by atoms with Gasteiger partial charge in [0, 0.05) is 37.7 Å². The average molecular weight is 453 g/mol. The van der Waals surface area contributed by atoms with Crippen molar-refractivity contribution in [2.24, 2.45) is 5.92 Å². The molecule has 4 heterocycles. The molecule has 2 N–H and O–H groups in total. The molecule has 2 aromatic rings. The van der Waals surface area contributed by atoms with Crippen LogP contribution in [0.25, 0.3) is 11.6 Å². The minimum atomic E-state index is -0.0128. The van der Waals surface area contributed by atoms with Gasteiger partial charge in [-0.3, -0.25) is 19.9 Å². The first-order chi connectivity index (χ1) is 16.2. The predicted molar refractivity (Wildman–Crippen MR) is 121 cm³/mol. The van der Waals surface area contributed by atoms with Crippen molar-refractivity contribution >= 4 is 11.8 Å². The Morgan fingerprint density at radius 1 is 1.12 bits per heavy atom. The Bertz CT molecular complexity index is 956. The van der Waals surface area contributed by atoms with Gasteiger partial charge in [0.1, 0.15) is 5.69 Å². The van der Waals surface area contributed by atoms with Gasteiger partial charge in [0.15, 0.2) is 0 Å². The van der Waals surface area contributed by atoms with Crippen molar-refractivity contribution in [3.8, 4) is 11.6 Å². The Balaban J connectivity index is 1.05. The molecule has 0 spiro atoms. The molecular formula is C24H32N6O3. The van der Waals surface area contributed by atoms with E-state index in [0.717, 1.165) is 44.9 Å². The highest BCUT2D eigenvalue weighted by Crippen LogP contribution is 2.30. The standard InChI is InChI=1S/C24H32N6O3/c31-21(10-5-9-20-26-18-7-2-1-6-17(18)22(32)27-20)30-14-11-16(12-15-30)23-28-29-24(33-23)19-8-3-4-13-25-19/h3-4,8,13,16-18,20,26H,1-2,5-7,9-12,14-15H2,(H,27,32). The zero-order valence-electron chi connectivity index (χ0n) is 18.9. The van der Waals surface area contributed by atoms with E-state index in [4.69, 9.17) is 4.42 Å². The topological polar surface area (TPSA) is 113 Å². The summed E-state index contributed by atoms with van der Waals surface area (Å²) in [7, 11) is 0. The summed E-state index contributed by atoms with van der Waals surface area (Å²) < 4.78 is 5.85. The van der Waals surface area contributed by atoms with Crippen LogP contribution in [0.4, 0.5) is 0 Å². The normalized spacial score (nSPS) is 26.0. The first-order valence-corrected chi connectivity index (χ1v) is 12.3. The number of aromatic nitrogens is 3. The maximum atomic E-state index is 12.7. The van der Waals surface area contributed by atoms with Crippen molar-refractivity contribution in [1.82, 2.24) is 30.7 Å². The van der Waals surface area contributed by atoms with Crippen molar-refractivity contribution in [3.63, 3.8) is 0 Å². The summed E-state index contributed by atoms with van der Waals surface area (Å²) >= 11 is 0. The Morgan fingerprint density at radius 2 is 1.97 bits per heavy atom. The number of hydrogen-bond acceptors (Lipinski definition) is 7. The monoisotopic (exact) mass is 452 g/mol. The third-order valence-corrected chi connectivity index (χ3v) is 7.24. The van der Waals surface area contributed by atoms with Crippen LogP contribution in [0.5, 0.6) is 0 Å². The Hall–Kier alpha value is -2.81. The van der Waals surface area contributed by atoms with Gasteiger partial charge in [-0.25, -0.2) is 0 Å². The van der Waals surface area contributed by atoms with Gasteiger partial charge >= 0.3 is 0 Å². The van der Waals surface area contributed by atoms with E-state index in [1.165, 1.54) is 6.42 Å². The molecule has 5 rings (SSSR count). The number of piperidine rings is 1. The second-order valence-electron chi connectivity index (χ2n) is 9.43. The van der Waals surface area contributed by atoms with E-state index in [1.807, 2.05) is 23.1 Å². The third-order valence-electron chi connectivity index (χ3n) is 7.24. The number of pyridine rings is 1. The maximum absolute atomic E-state index is 12.7. The van der Waals surface area contributed by atoms with Crippen LogP contribution in [0.15, 0.2) is 28.8 Å². The lowest BCUT2D eigenvalue weighted by atomic mass is 9.82. The van der Waals surface area contributed by atoms with Crippen molar-refractivity contribution in [2.75, 3.05) is 13.1 Å². The molecule has 9 heteroatoms. The molecule has 1 saturated carbocycles.